The molecule has 1 atom stereocenters. The summed E-state index contributed by atoms with van der Waals surface area (Å²) in [5.74, 6) is 0.819. The van der Waals surface area contributed by atoms with Gasteiger partial charge in [0.15, 0.2) is 5.78 Å². The number of ketones is 1. The van der Waals surface area contributed by atoms with Gasteiger partial charge in [-0.25, -0.2) is 4.98 Å². The Kier molecular flexibility index (Phi) is 2.71. The molecule has 2 aliphatic rings. The highest BCUT2D eigenvalue weighted by Gasteiger charge is 2.37. The molecule has 1 aliphatic carbocycles. The van der Waals surface area contributed by atoms with E-state index in [1.807, 2.05) is 60.7 Å². The Balaban J connectivity index is 1.75. The summed E-state index contributed by atoms with van der Waals surface area (Å²) in [6.45, 7) is 0. The molecule has 1 aliphatic heterocycles. The van der Waals surface area contributed by atoms with Crippen LogP contribution in [-0.4, -0.2) is 15.3 Å². The minimum absolute atomic E-state index is 0.0314. The van der Waals surface area contributed by atoms with E-state index in [1.165, 1.54) is 0 Å². The van der Waals surface area contributed by atoms with Gasteiger partial charge in [-0.1, -0.05) is 48.5 Å². The van der Waals surface area contributed by atoms with Crippen LogP contribution in [0.1, 0.15) is 38.8 Å². The largest absolute Gasteiger partial charge is 0.289 e. The van der Waals surface area contributed by atoms with E-state index in [4.69, 9.17) is 4.98 Å². The van der Waals surface area contributed by atoms with Gasteiger partial charge in [-0.05, 0) is 29.3 Å². The van der Waals surface area contributed by atoms with E-state index in [0.717, 1.165) is 28.2 Å². The van der Waals surface area contributed by atoms with Crippen LogP contribution in [0.25, 0.3) is 16.6 Å². The summed E-state index contributed by atoms with van der Waals surface area (Å²) >= 11 is 0. The average Bonchev–Trinajstić information content (AvgIpc) is 2.71. The lowest BCUT2D eigenvalue weighted by Gasteiger charge is -2.34. The zero-order valence-corrected chi connectivity index (χ0v) is 14.3. The molecule has 0 saturated carbocycles. The first kappa shape index (κ1) is 14.6. The first-order valence-corrected chi connectivity index (χ1v) is 9.01. The molecule has 27 heavy (non-hydrogen) atoms. The number of carbonyl (C=O) groups is 1. The predicted molar refractivity (Wildman–Crippen MR) is 103 cm³/mol. The van der Waals surface area contributed by atoms with E-state index >= 15 is 0 Å². The average molecular weight is 350 g/mol. The van der Waals surface area contributed by atoms with Gasteiger partial charge in [0.05, 0.1) is 16.6 Å². The Hall–Kier alpha value is -3.53. The van der Waals surface area contributed by atoms with Gasteiger partial charge in [0.2, 0.25) is 0 Å². The lowest BCUT2D eigenvalue weighted by atomic mass is 9.74. The molecule has 0 amide bonds. The monoisotopic (exact) mass is 350 g/mol. The van der Waals surface area contributed by atoms with Gasteiger partial charge < -0.3 is 0 Å². The van der Waals surface area contributed by atoms with Crippen molar-refractivity contribution in [2.75, 3.05) is 0 Å². The van der Waals surface area contributed by atoms with E-state index in [0.29, 0.717) is 22.9 Å². The third-order valence-electron chi connectivity index (χ3n) is 5.73. The number of hydrogen-bond acceptors (Lipinski definition) is 3. The van der Waals surface area contributed by atoms with Crippen molar-refractivity contribution in [1.82, 2.24) is 9.55 Å². The highest BCUT2D eigenvalue weighted by atomic mass is 16.1. The fourth-order valence-corrected chi connectivity index (χ4v) is 4.58. The molecule has 0 fully saturated rings. The zero-order valence-electron chi connectivity index (χ0n) is 14.3. The molecular formula is C23H14N2O2. The van der Waals surface area contributed by atoms with Crippen LogP contribution in [0.4, 0.5) is 0 Å². The van der Waals surface area contributed by atoms with Crippen LogP contribution in [0.5, 0.6) is 0 Å². The molecule has 4 aromatic rings. The second kappa shape index (κ2) is 5.01. The number of benzene rings is 3. The lowest BCUT2D eigenvalue weighted by Crippen LogP contribution is -2.33. The van der Waals surface area contributed by atoms with Gasteiger partial charge in [-0.15, -0.1) is 0 Å². The Bertz CT molecular complexity index is 1350. The minimum atomic E-state index is -0.0752. The highest BCUT2D eigenvalue weighted by molar-refractivity contribution is 6.13. The lowest BCUT2D eigenvalue weighted by molar-refractivity contribution is 0.103. The summed E-state index contributed by atoms with van der Waals surface area (Å²) < 4.78 is 1.69. The van der Waals surface area contributed by atoms with Crippen LogP contribution in [0.15, 0.2) is 71.5 Å². The van der Waals surface area contributed by atoms with E-state index in [2.05, 4.69) is 0 Å². The van der Waals surface area contributed by atoms with Crippen molar-refractivity contribution in [3.8, 4) is 5.69 Å². The molecule has 0 bridgehead atoms. The molecular weight excluding hydrogens is 336 g/mol. The third-order valence-corrected chi connectivity index (χ3v) is 5.73. The van der Waals surface area contributed by atoms with Crippen molar-refractivity contribution in [3.63, 3.8) is 0 Å². The molecule has 4 heteroatoms. The third kappa shape index (κ3) is 1.79. The molecule has 0 spiro atoms. The SMILES string of the molecule is O=C1c2ccccc2[C@@H]2Cc3nc4ccccc4c(=O)n3-c3cccc1c32. The highest BCUT2D eigenvalue weighted by Crippen LogP contribution is 2.43. The smallest absolute Gasteiger partial charge is 0.265 e. The van der Waals surface area contributed by atoms with Crippen LogP contribution >= 0.6 is 0 Å². The number of aromatic nitrogens is 2. The minimum Gasteiger partial charge on any atom is -0.289 e. The van der Waals surface area contributed by atoms with Crippen LogP contribution in [0.3, 0.4) is 0 Å². The Labute approximate surface area is 154 Å². The quantitative estimate of drug-likeness (QED) is 0.487. The second-order valence-corrected chi connectivity index (χ2v) is 7.10. The molecule has 3 aromatic carbocycles. The number of nitrogens with zero attached hydrogens (tertiary/aromatic N) is 2. The summed E-state index contributed by atoms with van der Waals surface area (Å²) in [6, 6.07) is 20.9. The summed E-state index contributed by atoms with van der Waals surface area (Å²) in [5.41, 5.74) is 4.85. The number of rotatable bonds is 0. The molecule has 2 heterocycles. The van der Waals surface area contributed by atoms with Crippen LogP contribution in [0, 0.1) is 0 Å². The number of hydrogen-bond donors (Lipinski definition) is 0. The zero-order chi connectivity index (χ0) is 18.1. The van der Waals surface area contributed by atoms with Crippen molar-refractivity contribution in [2.45, 2.75) is 12.3 Å². The molecule has 0 radical (unpaired) electrons. The molecule has 4 nitrogen and oxygen atoms in total. The molecule has 0 unspecified atom stereocenters. The Morgan fingerprint density at radius 2 is 1.63 bits per heavy atom. The maximum atomic E-state index is 13.2. The van der Waals surface area contributed by atoms with Crippen LogP contribution < -0.4 is 5.56 Å². The summed E-state index contributed by atoms with van der Waals surface area (Å²) in [4.78, 5) is 31.1. The van der Waals surface area contributed by atoms with Crippen LogP contribution in [-0.2, 0) is 6.42 Å². The van der Waals surface area contributed by atoms with E-state index in [-0.39, 0.29) is 17.3 Å². The van der Waals surface area contributed by atoms with Gasteiger partial charge >= 0.3 is 0 Å². The van der Waals surface area contributed by atoms with Gasteiger partial charge in [0.1, 0.15) is 5.82 Å². The topological polar surface area (TPSA) is 52.0 Å². The number of carbonyl (C=O) groups excluding carboxylic acids is 1. The summed E-state index contributed by atoms with van der Waals surface area (Å²) in [5, 5.41) is 0.597. The van der Waals surface area contributed by atoms with Gasteiger partial charge in [0, 0.05) is 23.5 Å². The van der Waals surface area contributed by atoms with E-state index in [1.54, 1.807) is 10.6 Å². The summed E-state index contributed by atoms with van der Waals surface area (Å²) in [7, 11) is 0. The number of fused-ring (bicyclic) bond motifs is 5. The molecule has 128 valence electrons. The second-order valence-electron chi connectivity index (χ2n) is 7.10. The molecule has 0 N–H and O–H groups in total. The fraction of sp³-hybridized carbons (Fsp3) is 0.0870. The van der Waals surface area contributed by atoms with E-state index < -0.39 is 0 Å². The fourth-order valence-electron chi connectivity index (χ4n) is 4.58. The molecule has 1 aromatic heterocycles. The van der Waals surface area contributed by atoms with Crippen molar-refractivity contribution in [1.29, 1.82) is 0 Å². The van der Waals surface area contributed by atoms with Gasteiger partial charge in [-0.2, -0.15) is 0 Å². The van der Waals surface area contributed by atoms with Crippen LogP contribution in [0.2, 0.25) is 0 Å². The Morgan fingerprint density at radius 1 is 0.852 bits per heavy atom. The maximum absolute atomic E-state index is 13.2. The predicted octanol–water partition coefficient (Wildman–Crippen LogP) is 3.62. The van der Waals surface area contributed by atoms with Gasteiger partial charge in [0.25, 0.3) is 5.56 Å². The Morgan fingerprint density at radius 3 is 2.56 bits per heavy atom. The number of para-hydroxylation sites is 1. The molecule has 6 rings (SSSR count). The maximum Gasteiger partial charge on any atom is 0.265 e. The van der Waals surface area contributed by atoms with E-state index in [9.17, 15) is 9.59 Å². The summed E-state index contributed by atoms with van der Waals surface area (Å²) in [6.07, 6.45) is 0.606. The normalized spacial score (nSPS) is 16.6. The first-order valence-electron chi connectivity index (χ1n) is 9.01. The van der Waals surface area contributed by atoms with Crippen molar-refractivity contribution >= 4 is 16.7 Å². The van der Waals surface area contributed by atoms with Crippen molar-refractivity contribution < 1.29 is 4.79 Å². The van der Waals surface area contributed by atoms with Gasteiger partial charge in [-0.3, -0.25) is 14.2 Å². The van der Waals surface area contributed by atoms with Crippen molar-refractivity contribution in [2.24, 2.45) is 0 Å². The van der Waals surface area contributed by atoms with Crippen molar-refractivity contribution in [3.05, 3.63) is 105 Å². The first-order chi connectivity index (χ1) is 13.2. The molecule has 0 saturated heterocycles. The standard InChI is InChI=1S/C23H14N2O2/c26-22-14-7-2-1-6-13(14)17-12-20-24-18-10-4-3-8-15(18)23(27)25(20)19-11-5-9-16(22)21(17)19/h1-11,17H,12H2/t17-/m0/s1.